The number of hydrogen-bond donors (Lipinski definition) is 1. The van der Waals surface area contributed by atoms with E-state index in [1.165, 1.54) is 5.56 Å². The van der Waals surface area contributed by atoms with Gasteiger partial charge in [-0.2, -0.15) is 0 Å². The molecule has 0 fully saturated rings. The Morgan fingerprint density at radius 3 is 2.55 bits per heavy atom. The maximum Gasteiger partial charge on any atom is 0.128 e. The monoisotopic (exact) mass is 270 g/mol. The van der Waals surface area contributed by atoms with Gasteiger partial charge < -0.3 is 14.6 Å². The molecule has 0 radical (unpaired) electrons. The van der Waals surface area contributed by atoms with Crippen LogP contribution in [-0.2, 0) is 12.0 Å². The highest BCUT2D eigenvalue weighted by atomic mass is 16.5. The first-order valence-corrected chi connectivity index (χ1v) is 6.72. The highest BCUT2D eigenvalue weighted by Crippen LogP contribution is 2.45. The molecule has 0 aromatic heterocycles. The van der Waals surface area contributed by atoms with Crippen molar-refractivity contribution in [3.63, 3.8) is 0 Å². The summed E-state index contributed by atoms with van der Waals surface area (Å²) in [5, 5.41) is 11.2. The topological polar surface area (TPSA) is 38.7 Å². The van der Waals surface area contributed by atoms with Crippen LogP contribution in [0.25, 0.3) is 0 Å². The molecule has 104 valence electrons. The summed E-state index contributed by atoms with van der Waals surface area (Å²) in [6.45, 7) is 0. The van der Waals surface area contributed by atoms with E-state index in [1.807, 2.05) is 36.4 Å². The lowest BCUT2D eigenvalue weighted by atomic mass is 9.87. The van der Waals surface area contributed by atoms with Gasteiger partial charge >= 0.3 is 0 Å². The Labute approximate surface area is 118 Å². The Kier molecular flexibility index (Phi) is 3.14. The molecule has 0 bridgehead atoms. The first-order valence-electron chi connectivity index (χ1n) is 6.72. The second kappa shape index (κ2) is 4.84. The van der Waals surface area contributed by atoms with Crippen molar-refractivity contribution in [1.82, 2.24) is 0 Å². The van der Waals surface area contributed by atoms with Crippen LogP contribution in [0.1, 0.15) is 23.1 Å². The van der Waals surface area contributed by atoms with E-state index in [0.717, 1.165) is 23.3 Å². The van der Waals surface area contributed by atoms with Crippen LogP contribution in [-0.4, -0.2) is 19.3 Å². The third kappa shape index (κ3) is 1.86. The molecule has 20 heavy (non-hydrogen) atoms. The first kappa shape index (κ1) is 13.0. The van der Waals surface area contributed by atoms with Crippen LogP contribution >= 0.6 is 0 Å². The summed E-state index contributed by atoms with van der Waals surface area (Å²) in [5.41, 5.74) is 2.00. The number of methoxy groups -OCH3 is 2. The molecule has 3 heteroatoms. The molecule has 0 heterocycles. The molecule has 3 nitrogen and oxygen atoms in total. The predicted molar refractivity (Wildman–Crippen MR) is 77.3 cm³/mol. The fraction of sp³-hybridized carbons (Fsp3) is 0.294. The molecule has 1 atom stereocenters. The minimum atomic E-state index is -0.978. The quantitative estimate of drug-likeness (QED) is 0.932. The molecule has 0 amide bonds. The van der Waals surface area contributed by atoms with E-state index >= 15 is 0 Å². The minimum absolute atomic E-state index is 0.656. The fourth-order valence-electron chi connectivity index (χ4n) is 3.01. The van der Waals surface area contributed by atoms with Gasteiger partial charge in [0.25, 0.3) is 0 Å². The van der Waals surface area contributed by atoms with Crippen LogP contribution in [0.2, 0.25) is 0 Å². The average Bonchev–Trinajstić information content (AvgIpc) is 2.85. The van der Waals surface area contributed by atoms with Crippen molar-refractivity contribution in [2.45, 2.75) is 18.4 Å². The molecular weight excluding hydrogens is 252 g/mol. The minimum Gasteiger partial charge on any atom is -0.497 e. The zero-order valence-electron chi connectivity index (χ0n) is 11.7. The Morgan fingerprint density at radius 2 is 1.80 bits per heavy atom. The van der Waals surface area contributed by atoms with E-state index in [-0.39, 0.29) is 0 Å². The zero-order valence-corrected chi connectivity index (χ0v) is 11.7. The summed E-state index contributed by atoms with van der Waals surface area (Å²) in [6, 6.07) is 13.6. The number of hydrogen-bond acceptors (Lipinski definition) is 3. The standard InChI is InChI=1S/C17H18O3/c1-19-13-7-8-15(16(11-13)20-2)17(18)10-9-12-5-3-4-6-14(12)17/h3-8,11,18H,9-10H2,1-2H3. The molecule has 2 aromatic carbocycles. The molecule has 0 aliphatic heterocycles. The van der Waals surface area contributed by atoms with Gasteiger partial charge in [-0.3, -0.25) is 0 Å². The maximum absolute atomic E-state index is 11.2. The van der Waals surface area contributed by atoms with Crippen LogP contribution in [0, 0.1) is 0 Å². The van der Waals surface area contributed by atoms with Crippen LogP contribution in [0.15, 0.2) is 42.5 Å². The summed E-state index contributed by atoms with van der Waals surface area (Å²) in [4.78, 5) is 0. The summed E-state index contributed by atoms with van der Waals surface area (Å²) < 4.78 is 10.7. The number of aliphatic hydroxyl groups is 1. The molecule has 3 rings (SSSR count). The van der Waals surface area contributed by atoms with Gasteiger partial charge in [0.15, 0.2) is 0 Å². The van der Waals surface area contributed by atoms with Gasteiger partial charge in [0.05, 0.1) is 14.2 Å². The number of benzene rings is 2. The zero-order chi connectivity index (χ0) is 14.2. The van der Waals surface area contributed by atoms with Gasteiger partial charge in [-0.25, -0.2) is 0 Å². The van der Waals surface area contributed by atoms with Crippen LogP contribution < -0.4 is 9.47 Å². The molecule has 1 aliphatic carbocycles. The lowest BCUT2D eigenvalue weighted by molar-refractivity contribution is 0.0799. The van der Waals surface area contributed by atoms with Crippen molar-refractivity contribution in [2.24, 2.45) is 0 Å². The summed E-state index contributed by atoms with van der Waals surface area (Å²) in [5.74, 6) is 1.38. The van der Waals surface area contributed by atoms with Crippen molar-refractivity contribution in [3.8, 4) is 11.5 Å². The Hall–Kier alpha value is -2.00. The highest BCUT2D eigenvalue weighted by molar-refractivity contribution is 5.52. The van der Waals surface area contributed by atoms with Gasteiger partial charge in [-0.1, -0.05) is 24.3 Å². The van der Waals surface area contributed by atoms with Crippen LogP contribution in [0.3, 0.4) is 0 Å². The van der Waals surface area contributed by atoms with Crippen LogP contribution in [0.5, 0.6) is 11.5 Å². The third-order valence-corrected chi connectivity index (χ3v) is 4.07. The third-order valence-electron chi connectivity index (χ3n) is 4.07. The number of rotatable bonds is 3. The summed E-state index contributed by atoms with van der Waals surface area (Å²) in [7, 11) is 3.23. The Morgan fingerprint density at radius 1 is 1.00 bits per heavy atom. The summed E-state index contributed by atoms with van der Waals surface area (Å²) >= 11 is 0. The average molecular weight is 270 g/mol. The second-order valence-corrected chi connectivity index (χ2v) is 5.08. The van der Waals surface area contributed by atoms with Crippen molar-refractivity contribution < 1.29 is 14.6 Å². The molecular formula is C17H18O3. The number of fused-ring (bicyclic) bond motifs is 1. The van der Waals surface area contributed by atoms with E-state index < -0.39 is 5.60 Å². The van der Waals surface area contributed by atoms with Crippen molar-refractivity contribution >= 4 is 0 Å². The maximum atomic E-state index is 11.2. The second-order valence-electron chi connectivity index (χ2n) is 5.08. The van der Waals surface area contributed by atoms with Crippen LogP contribution in [0.4, 0.5) is 0 Å². The Balaban J connectivity index is 2.14. The van der Waals surface area contributed by atoms with Crippen molar-refractivity contribution in [1.29, 1.82) is 0 Å². The van der Waals surface area contributed by atoms with Crippen molar-refractivity contribution in [2.75, 3.05) is 14.2 Å². The first-order chi connectivity index (χ1) is 9.69. The van der Waals surface area contributed by atoms with Crippen molar-refractivity contribution in [3.05, 3.63) is 59.2 Å². The van der Waals surface area contributed by atoms with Gasteiger partial charge in [-0.05, 0) is 36.1 Å². The highest BCUT2D eigenvalue weighted by Gasteiger charge is 2.40. The number of ether oxygens (including phenoxy) is 2. The van der Waals surface area contributed by atoms with E-state index in [1.54, 1.807) is 14.2 Å². The van der Waals surface area contributed by atoms with E-state index in [2.05, 4.69) is 6.07 Å². The predicted octanol–water partition coefficient (Wildman–Crippen LogP) is 2.89. The normalized spacial score (nSPS) is 20.6. The molecule has 1 unspecified atom stereocenters. The van der Waals surface area contributed by atoms with E-state index in [9.17, 15) is 5.11 Å². The van der Waals surface area contributed by atoms with E-state index in [4.69, 9.17) is 9.47 Å². The molecule has 1 N–H and O–H groups in total. The lowest BCUT2D eigenvalue weighted by Gasteiger charge is -2.26. The fourth-order valence-corrected chi connectivity index (χ4v) is 3.01. The Bertz CT molecular complexity index is 636. The molecule has 2 aromatic rings. The lowest BCUT2D eigenvalue weighted by Crippen LogP contribution is -2.24. The SMILES string of the molecule is COc1ccc(C2(O)CCc3ccccc32)c(OC)c1. The molecule has 0 saturated heterocycles. The van der Waals surface area contributed by atoms with Gasteiger partial charge in [0.2, 0.25) is 0 Å². The van der Waals surface area contributed by atoms with Gasteiger partial charge in [-0.15, -0.1) is 0 Å². The molecule has 0 saturated carbocycles. The summed E-state index contributed by atoms with van der Waals surface area (Å²) in [6.07, 6.45) is 1.55. The molecule has 1 aliphatic rings. The largest absolute Gasteiger partial charge is 0.497 e. The van der Waals surface area contributed by atoms with Gasteiger partial charge in [0, 0.05) is 11.6 Å². The van der Waals surface area contributed by atoms with E-state index in [0.29, 0.717) is 12.2 Å². The number of aryl methyl sites for hydroxylation is 1. The van der Waals surface area contributed by atoms with Gasteiger partial charge in [0.1, 0.15) is 17.1 Å². The molecule has 0 spiro atoms. The smallest absolute Gasteiger partial charge is 0.128 e.